The number of benzene rings is 1. The van der Waals surface area contributed by atoms with E-state index in [-0.39, 0.29) is 11.9 Å². The number of nitrogens with one attached hydrogen (secondary N) is 1. The number of nitrogens with zero attached hydrogens (tertiary/aromatic N) is 3. The summed E-state index contributed by atoms with van der Waals surface area (Å²) in [7, 11) is 1.81. The highest BCUT2D eigenvalue weighted by Gasteiger charge is 2.10. The molecule has 1 atom stereocenters. The van der Waals surface area contributed by atoms with Crippen molar-refractivity contribution < 1.29 is 4.79 Å². The first-order chi connectivity index (χ1) is 8.11. The average Bonchev–Trinajstić information content (AvgIpc) is 2.70. The molecule has 0 spiro atoms. The van der Waals surface area contributed by atoms with E-state index in [9.17, 15) is 4.79 Å². The molecule has 1 amide bonds. The van der Waals surface area contributed by atoms with E-state index in [1.165, 1.54) is 0 Å². The number of aromatic nitrogens is 3. The van der Waals surface area contributed by atoms with Crippen LogP contribution in [0.25, 0.3) is 11.0 Å². The zero-order valence-corrected chi connectivity index (χ0v) is 9.84. The molecule has 1 aromatic heterocycles. The van der Waals surface area contributed by atoms with Crippen molar-refractivity contribution in [1.82, 2.24) is 20.3 Å². The Balaban J connectivity index is 2.27. The number of fused-ring (bicyclic) bond motifs is 1. The van der Waals surface area contributed by atoms with E-state index in [1.54, 1.807) is 16.8 Å². The molecule has 0 saturated carbocycles. The van der Waals surface area contributed by atoms with E-state index in [2.05, 4.69) is 15.6 Å². The van der Waals surface area contributed by atoms with Gasteiger partial charge in [0.25, 0.3) is 5.91 Å². The van der Waals surface area contributed by atoms with Gasteiger partial charge < -0.3 is 11.1 Å². The second-order valence-corrected chi connectivity index (χ2v) is 4.03. The van der Waals surface area contributed by atoms with Crippen LogP contribution in [0.4, 0.5) is 0 Å². The van der Waals surface area contributed by atoms with Crippen molar-refractivity contribution in [2.45, 2.75) is 13.0 Å². The molecule has 2 rings (SSSR count). The smallest absolute Gasteiger partial charge is 0.251 e. The van der Waals surface area contributed by atoms with Gasteiger partial charge in [-0.15, -0.1) is 5.10 Å². The van der Waals surface area contributed by atoms with Crippen molar-refractivity contribution in [2.24, 2.45) is 12.8 Å². The second-order valence-electron chi connectivity index (χ2n) is 4.03. The Labute approximate surface area is 98.8 Å². The minimum absolute atomic E-state index is 0.0416. The Morgan fingerprint density at radius 1 is 1.59 bits per heavy atom. The fourth-order valence-corrected chi connectivity index (χ4v) is 1.55. The lowest BCUT2D eigenvalue weighted by atomic mass is 10.1. The predicted molar refractivity (Wildman–Crippen MR) is 64.5 cm³/mol. The summed E-state index contributed by atoms with van der Waals surface area (Å²) in [5.74, 6) is -0.143. The number of nitrogens with two attached hydrogens (primary N) is 1. The number of aryl methyl sites for hydroxylation is 1. The molecule has 0 unspecified atom stereocenters. The Morgan fingerprint density at radius 2 is 2.35 bits per heavy atom. The number of rotatable bonds is 3. The zero-order valence-electron chi connectivity index (χ0n) is 9.84. The summed E-state index contributed by atoms with van der Waals surface area (Å²) in [5, 5.41) is 10.7. The molecule has 0 fully saturated rings. The van der Waals surface area contributed by atoms with Gasteiger partial charge in [-0.25, -0.2) is 4.68 Å². The highest BCUT2D eigenvalue weighted by Crippen LogP contribution is 2.12. The van der Waals surface area contributed by atoms with Gasteiger partial charge in [-0.2, -0.15) is 0 Å². The van der Waals surface area contributed by atoms with E-state index in [0.717, 1.165) is 5.52 Å². The monoisotopic (exact) mass is 233 g/mol. The molecular weight excluding hydrogens is 218 g/mol. The molecule has 0 aliphatic carbocycles. The number of carbonyl (C=O) groups is 1. The van der Waals surface area contributed by atoms with Gasteiger partial charge in [0.2, 0.25) is 0 Å². The fourth-order valence-electron chi connectivity index (χ4n) is 1.55. The SMILES string of the molecule is C[C@@H](CN)NC(=O)c1ccc2c(c1)nnn2C. The fraction of sp³-hybridized carbons (Fsp3) is 0.364. The van der Waals surface area contributed by atoms with Gasteiger partial charge in [0.1, 0.15) is 5.52 Å². The Bertz CT molecular complexity index is 548. The van der Waals surface area contributed by atoms with E-state index in [0.29, 0.717) is 17.6 Å². The molecule has 0 aliphatic rings. The molecule has 1 heterocycles. The van der Waals surface area contributed by atoms with Crippen LogP contribution in [-0.4, -0.2) is 33.5 Å². The van der Waals surface area contributed by atoms with Crippen LogP contribution >= 0.6 is 0 Å². The molecular formula is C11H15N5O. The van der Waals surface area contributed by atoms with E-state index in [1.807, 2.05) is 20.0 Å². The summed E-state index contributed by atoms with van der Waals surface area (Å²) in [6, 6.07) is 5.27. The Kier molecular flexibility index (Phi) is 3.06. The van der Waals surface area contributed by atoms with Crippen LogP contribution in [0.15, 0.2) is 18.2 Å². The minimum atomic E-state index is -0.143. The molecule has 6 nitrogen and oxygen atoms in total. The molecule has 17 heavy (non-hydrogen) atoms. The maximum absolute atomic E-state index is 11.8. The second kappa shape index (κ2) is 4.50. The maximum atomic E-state index is 11.8. The lowest BCUT2D eigenvalue weighted by Crippen LogP contribution is -2.37. The molecule has 0 aliphatic heterocycles. The van der Waals surface area contributed by atoms with Gasteiger partial charge in [0.05, 0.1) is 5.52 Å². The van der Waals surface area contributed by atoms with Crippen LogP contribution in [0.3, 0.4) is 0 Å². The number of carbonyl (C=O) groups excluding carboxylic acids is 1. The normalized spacial score (nSPS) is 12.6. The van der Waals surface area contributed by atoms with Gasteiger partial charge in [-0.3, -0.25) is 4.79 Å². The minimum Gasteiger partial charge on any atom is -0.348 e. The van der Waals surface area contributed by atoms with Crippen molar-refractivity contribution >= 4 is 16.9 Å². The average molecular weight is 233 g/mol. The van der Waals surface area contributed by atoms with Crippen LogP contribution in [0.1, 0.15) is 17.3 Å². The number of hydrogen-bond acceptors (Lipinski definition) is 4. The number of amides is 1. The van der Waals surface area contributed by atoms with E-state index in [4.69, 9.17) is 5.73 Å². The molecule has 0 saturated heterocycles. The van der Waals surface area contributed by atoms with E-state index >= 15 is 0 Å². The third-order valence-electron chi connectivity index (χ3n) is 2.60. The summed E-state index contributed by atoms with van der Waals surface area (Å²) in [6.07, 6.45) is 0. The quantitative estimate of drug-likeness (QED) is 0.784. The molecule has 1 aromatic carbocycles. The van der Waals surface area contributed by atoms with Crippen molar-refractivity contribution in [3.05, 3.63) is 23.8 Å². The number of hydrogen-bond donors (Lipinski definition) is 2. The van der Waals surface area contributed by atoms with Gasteiger partial charge in [-0.1, -0.05) is 5.21 Å². The van der Waals surface area contributed by atoms with Crippen LogP contribution in [0, 0.1) is 0 Å². The van der Waals surface area contributed by atoms with Crippen molar-refractivity contribution in [1.29, 1.82) is 0 Å². The highest BCUT2D eigenvalue weighted by molar-refractivity contribution is 5.97. The topological polar surface area (TPSA) is 85.8 Å². The first-order valence-electron chi connectivity index (χ1n) is 5.42. The standard InChI is InChI=1S/C11H15N5O/c1-7(6-12)13-11(17)8-3-4-10-9(5-8)14-15-16(10)2/h3-5,7H,6,12H2,1-2H3,(H,13,17)/t7-/m0/s1. The van der Waals surface area contributed by atoms with Gasteiger partial charge in [-0.05, 0) is 25.1 Å². The van der Waals surface area contributed by atoms with Crippen molar-refractivity contribution in [3.63, 3.8) is 0 Å². The maximum Gasteiger partial charge on any atom is 0.251 e. The third kappa shape index (κ3) is 2.26. The summed E-state index contributed by atoms with van der Waals surface area (Å²) in [4.78, 5) is 11.8. The van der Waals surface area contributed by atoms with Gasteiger partial charge >= 0.3 is 0 Å². The lowest BCUT2D eigenvalue weighted by molar-refractivity contribution is 0.0941. The molecule has 0 bridgehead atoms. The molecule has 3 N–H and O–H groups in total. The summed E-state index contributed by atoms with van der Waals surface area (Å²) in [6.45, 7) is 2.28. The summed E-state index contributed by atoms with van der Waals surface area (Å²) < 4.78 is 1.67. The van der Waals surface area contributed by atoms with Crippen LogP contribution in [0.5, 0.6) is 0 Å². The molecule has 90 valence electrons. The molecule has 2 aromatic rings. The first-order valence-corrected chi connectivity index (χ1v) is 5.42. The Hall–Kier alpha value is -1.95. The van der Waals surface area contributed by atoms with Crippen LogP contribution in [0.2, 0.25) is 0 Å². The lowest BCUT2D eigenvalue weighted by Gasteiger charge is -2.10. The largest absolute Gasteiger partial charge is 0.348 e. The van der Waals surface area contributed by atoms with Gasteiger partial charge in [0, 0.05) is 25.2 Å². The van der Waals surface area contributed by atoms with E-state index < -0.39 is 0 Å². The first kappa shape index (κ1) is 11.5. The molecule has 6 heteroatoms. The summed E-state index contributed by atoms with van der Waals surface area (Å²) >= 11 is 0. The third-order valence-corrected chi connectivity index (χ3v) is 2.60. The van der Waals surface area contributed by atoms with Crippen molar-refractivity contribution in [3.8, 4) is 0 Å². The summed E-state index contributed by atoms with van der Waals surface area (Å²) in [5.41, 5.74) is 7.63. The molecule has 0 radical (unpaired) electrons. The predicted octanol–water partition coefficient (Wildman–Crippen LogP) is 0.0453. The highest BCUT2D eigenvalue weighted by atomic mass is 16.1. The zero-order chi connectivity index (χ0) is 12.4. The Morgan fingerprint density at radius 3 is 3.06 bits per heavy atom. The van der Waals surface area contributed by atoms with Crippen LogP contribution < -0.4 is 11.1 Å². The van der Waals surface area contributed by atoms with Gasteiger partial charge in [0.15, 0.2) is 0 Å². The van der Waals surface area contributed by atoms with Crippen LogP contribution in [-0.2, 0) is 7.05 Å². The van der Waals surface area contributed by atoms with Crippen molar-refractivity contribution in [2.75, 3.05) is 6.54 Å².